The van der Waals surface area contributed by atoms with Crippen LogP contribution in [0.5, 0.6) is 5.75 Å². The number of nitrogens with one attached hydrogen (secondary N) is 1. The van der Waals surface area contributed by atoms with E-state index in [2.05, 4.69) is 60.5 Å². The first-order valence-corrected chi connectivity index (χ1v) is 11.7. The highest BCUT2D eigenvalue weighted by Crippen LogP contribution is 2.31. The fourth-order valence-electron chi connectivity index (χ4n) is 4.05. The first kappa shape index (κ1) is 25.2. The van der Waals surface area contributed by atoms with Crippen molar-refractivity contribution in [2.24, 2.45) is 0 Å². The lowest BCUT2D eigenvalue weighted by atomic mass is 9.94. The minimum atomic E-state index is -0.796. The number of hydrogen-bond donors (Lipinski definition) is 2. The van der Waals surface area contributed by atoms with Crippen molar-refractivity contribution in [1.29, 1.82) is 0 Å². The molecule has 1 heterocycles. The van der Waals surface area contributed by atoms with Crippen molar-refractivity contribution in [2.45, 2.75) is 47.1 Å². The number of hydrogen-bond acceptors (Lipinski definition) is 5. The van der Waals surface area contributed by atoms with Gasteiger partial charge in [-0.1, -0.05) is 24.3 Å². The molecule has 0 atom stereocenters. The number of carboxylic acid groups (broad SMARTS) is 1. The number of nitrogens with zero attached hydrogens (tertiary/aromatic N) is 1. The van der Waals surface area contributed by atoms with Crippen LogP contribution in [-0.4, -0.2) is 35.9 Å². The number of carbonyl (C=O) groups is 1. The number of rotatable bonds is 12. The van der Waals surface area contributed by atoms with E-state index in [1.165, 1.54) is 22.3 Å². The van der Waals surface area contributed by atoms with Crippen LogP contribution in [0.25, 0.3) is 11.1 Å². The summed E-state index contributed by atoms with van der Waals surface area (Å²) in [7, 11) is 0. The Balaban J connectivity index is 1.68. The zero-order valence-electron chi connectivity index (χ0n) is 20.5. The van der Waals surface area contributed by atoms with Gasteiger partial charge in [-0.25, -0.2) is 4.98 Å². The van der Waals surface area contributed by atoms with E-state index in [1.807, 2.05) is 26.0 Å². The van der Waals surface area contributed by atoms with Gasteiger partial charge in [-0.3, -0.25) is 4.79 Å². The molecule has 0 fully saturated rings. The molecule has 0 aliphatic rings. The highest BCUT2D eigenvalue weighted by Gasteiger charge is 2.10. The standard InChI is InChI=1S/C28H34N2O4/c1-5-33-13-14-34-25-15-19(2)28(20(3)16-25)24-8-6-7-22(17-24)18-29-26-11-9-23(21(4)30-26)10-12-27(31)32/h6-9,11,15-17H,5,10,12-14,18H2,1-4H3,(H,29,30)(H,31,32). The molecule has 0 amide bonds. The molecule has 34 heavy (non-hydrogen) atoms. The summed E-state index contributed by atoms with van der Waals surface area (Å²) in [5.41, 5.74) is 7.71. The Labute approximate surface area is 202 Å². The van der Waals surface area contributed by atoms with Crippen molar-refractivity contribution < 1.29 is 19.4 Å². The highest BCUT2D eigenvalue weighted by atomic mass is 16.5. The molecule has 2 aromatic carbocycles. The Hall–Kier alpha value is -3.38. The molecule has 0 spiro atoms. The monoisotopic (exact) mass is 462 g/mol. The van der Waals surface area contributed by atoms with Crippen molar-refractivity contribution >= 4 is 11.8 Å². The maximum atomic E-state index is 10.8. The molecule has 0 aliphatic heterocycles. The van der Waals surface area contributed by atoms with Crippen molar-refractivity contribution in [3.63, 3.8) is 0 Å². The topological polar surface area (TPSA) is 80.7 Å². The van der Waals surface area contributed by atoms with Gasteiger partial charge in [-0.2, -0.15) is 0 Å². The van der Waals surface area contributed by atoms with Gasteiger partial charge in [-0.15, -0.1) is 0 Å². The summed E-state index contributed by atoms with van der Waals surface area (Å²) in [6, 6.07) is 16.5. The summed E-state index contributed by atoms with van der Waals surface area (Å²) in [6.07, 6.45) is 0.604. The van der Waals surface area contributed by atoms with Crippen LogP contribution in [0.2, 0.25) is 0 Å². The molecule has 0 radical (unpaired) electrons. The van der Waals surface area contributed by atoms with Crippen molar-refractivity contribution in [2.75, 3.05) is 25.1 Å². The van der Waals surface area contributed by atoms with E-state index >= 15 is 0 Å². The third kappa shape index (κ3) is 7.06. The van der Waals surface area contributed by atoms with Crippen LogP contribution in [0.3, 0.4) is 0 Å². The van der Waals surface area contributed by atoms with E-state index in [0.717, 1.165) is 28.4 Å². The second-order valence-electron chi connectivity index (χ2n) is 8.37. The Morgan fingerprint density at radius 2 is 1.79 bits per heavy atom. The Morgan fingerprint density at radius 3 is 2.47 bits per heavy atom. The minimum absolute atomic E-state index is 0.112. The predicted molar refractivity (Wildman–Crippen MR) is 136 cm³/mol. The zero-order valence-corrected chi connectivity index (χ0v) is 20.5. The van der Waals surface area contributed by atoms with E-state index in [-0.39, 0.29) is 6.42 Å². The van der Waals surface area contributed by atoms with Crippen LogP contribution in [0.4, 0.5) is 5.82 Å². The molecule has 1 aromatic heterocycles. The van der Waals surface area contributed by atoms with Gasteiger partial charge in [-0.05, 0) is 91.8 Å². The van der Waals surface area contributed by atoms with Crippen LogP contribution in [0.1, 0.15) is 41.3 Å². The number of carboxylic acids is 1. The van der Waals surface area contributed by atoms with Gasteiger partial charge >= 0.3 is 5.97 Å². The summed E-state index contributed by atoms with van der Waals surface area (Å²) in [5, 5.41) is 12.3. The van der Waals surface area contributed by atoms with Gasteiger partial charge in [0.05, 0.1) is 6.61 Å². The van der Waals surface area contributed by atoms with Gasteiger partial charge < -0.3 is 19.9 Å². The summed E-state index contributed by atoms with van der Waals surface area (Å²) in [4.78, 5) is 15.4. The molecule has 0 unspecified atom stereocenters. The van der Waals surface area contributed by atoms with E-state index in [9.17, 15) is 4.79 Å². The molecular weight excluding hydrogens is 428 g/mol. The van der Waals surface area contributed by atoms with Crippen molar-refractivity contribution in [1.82, 2.24) is 4.98 Å². The lowest BCUT2D eigenvalue weighted by molar-refractivity contribution is -0.136. The van der Waals surface area contributed by atoms with Crippen molar-refractivity contribution in [3.05, 3.63) is 76.5 Å². The molecule has 3 rings (SSSR count). The van der Waals surface area contributed by atoms with Gasteiger partial charge in [0.1, 0.15) is 18.2 Å². The van der Waals surface area contributed by atoms with E-state index in [0.29, 0.717) is 32.8 Å². The van der Waals surface area contributed by atoms with Crippen LogP contribution in [-0.2, 0) is 22.5 Å². The summed E-state index contributed by atoms with van der Waals surface area (Å²) in [6.45, 7) is 10.6. The largest absolute Gasteiger partial charge is 0.491 e. The third-order valence-corrected chi connectivity index (χ3v) is 5.70. The molecule has 6 heteroatoms. The maximum Gasteiger partial charge on any atom is 0.303 e. The van der Waals surface area contributed by atoms with Crippen LogP contribution in [0.15, 0.2) is 48.5 Å². The predicted octanol–water partition coefficient (Wildman–Crippen LogP) is 5.72. The molecule has 0 aliphatic carbocycles. The molecule has 3 aromatic rings. The number of aliphatic carboxylic acids is 1. The molecule has 2 N–H and O–H groups in total. The molecule has 0 saturated carbocycles. The van der Waals surface area contributed by atoms with Gasteiger partial charge in [0.15, 0.2) is 0 Å². The third-order valence-electron chi connectivity index (χ3n) is 5.70. The maximum absolute atomic E-state index is 10.8. The Morgan fingerprint density at radius 1 is 1.03 bits per heavy atom. The number of aryl methyl sites for hydroxylation is 4. The SMILES string of the molecule is CCOCCOc1cc(C)c(-c2cccc(CNc3ccc(CCC(=O)O)c(C)n3)c2)c(C)c1. The quantitative estimate of drug-likeness (QED) is 0.335. The van der Waals surface area contributed by atoms with Gasteiger partial charge in [0, 0.05) is 25.3 Å². The molecule has 0 bridgehead atoms. The first-order valence-electron chi connectivity index (χ1n) is 11.7. The van der Waals surface area contributed by atoms with E-state index < -0.39 is 5.97 Å². The number of benzene rings is 2. The average molecular weight is 463 g/mol. The van der Waals surface area contributed by atoms with Gasteiger partial charge in [0.25, 0.3) is 0 Å². The average Bonchev–Trinajstić information content (AvgIpc) is 2.80. The van der Waals surface area contributed by atoms with E-state index in [4.69, 9.17) is 14.6 Å². The van der Waals surface area contributed by atoms with Crippen molar-refractivity contribution in [3.8, 4) is 16.9 Å². The van der Waals surface area contributed by atoms with E-state index in [1.54, 1.807) is 0 Å². The number of anilines is 1. The second kappa shape index (κ2) is 12.2. The zero-order chi connectivity index (χ0) is 24.5. The smallest absolute Gasteiger partial charge is 0.303 e. The number of aromatic nitrogens is 1. The molecule has 0 saturated heterocycles. The lowest BCUT2D eigenvalue weighted by Gasteiger charge is -2.15. The summed E-state index contributed by atoms with van der Waals surface area (Å²) < 4.78 is 11.2. The van der Waals surface area contributed by atoms with Gasteiger partial charge in [0.2, 0.25) is 0 Å². The number of pyridine rings is 1. The molecule has 6 nitrogen and oxygen atoms in total. The Bertz CT molecular complexity index is 1100. The first-order chi connectivity index (χ1) is 16.4. The van der Waals surface area contributed by atoms with Crippen LogP contribution >= 0.6 is 0 Å². The van der Waals surface area contributed by atoms with Crippen LogP contribution in [0, 0.1) is 20.8 Å². The molecular formula is C28H34N2O4. The minimum Gasteiger partial charge on any atom is -0.491 e. The fraction of sp³-hybridized carbons (Fsp3) is 0.357. The summed E-state index contributed by atoms with van der Waals surface area (Å²) in [5.74, 6) is 0.850. The lowest BCUT2D eigenvalue weighted by Crippen LogP contribution is -2.07. The fourth-order valence-corrected chi connectivity index (χ4v) is 4.05. The molecule has 180 valence electrons. The normalized spacial score (nSPS) is 10.8. The number of ether oxygens (including phenoxy) is 2. The highest BCUT2D eigenvalue weighted by molar-refractivity contribution is 5.72. The second-order valence-corrected chi connectivity index (χ2v) is 8.37. The Kier molecular flexibility index (Phi) is 9.05. The summed E-state index contributed by atoms with van der Waals surface area (Å²) >= 11 is 0. The van der Waals surface area contributed by atoms with Crippen LogP contribution < -0.4 is 10.1 Å².